The predicted molar refractivity (Wildman–Crippen MR) is 85.5 cm³/mol. The zero-order valence-corrected chi connectivity index (χ0v) is 13.9. The van der Waals surface area contributed by atoms with Crippen molar-refractivity contribution >= 4 is 5.96 Å². The third-order valence-corrected chi connectivity index (χ3v) is 3.62. The first kappa shape index (κ1) is 16.1. The molecule has 7 heteroatoms. The molecule has 0 aromatic carbocycles. The molecule has 0 bridgehead atoms. The summed E-state index contributed by atoms with van der Waals surface area (Å²) in [5.41, 5.74) is 1.16. The van der Waals surface area contributed by atoms with Crippen LogP contribution in [0.15, 0.2) is 21.7 Å². The van der Waals surface area contributed by atoms with Gasteiger partial charge in [0, 0.05) is 32.7 Å². The molecule has 2 aromatic heterocycles. The largest absolute Gasteiger partial charge is 0.469 e. The lowest BCUT2D eigenvalue weighted by Gasteiger charge is -2.21. The van der Waals surface area contributed by atoms with Crippen molar-refractivity contribution in [1.29, 1.82) is 0 Å². The van der Waals surface area contributed by atoms with E-state index in [1.54, 1.807) is 6.26 Å². The highest BCUT2D eigenvalue weighted by Crippen LogP contribution is 2.11. The maximum absolute atomic E-state index is 5.34. The maximum Gasteiger partial charge on any atom is 0.194 e. The van der Waals surface area contributed by atoms with Gasteiger partial charge in [-0.05, 0) is 26.8 Å². The van der Waals surface area contributed by atoms with E-state index in [9.17, 15) is 0 Å². The number of aryl methyl sites for hydroxylation is 2. The topological polar surface area (TPSA) is 71.5 Å². The van der Waals surface area contributed by atoms with Crippen LogP contribution < -0.4 is 5.32 Å². The fourth-order valence-corrected chi connectivity index (χ4v) is 2.11. The molecular formula is C15H24N6O. The molecule has 120 valence electrons. The zero-order valence-electron chi connectivity index (χ0n) is 13.9. The Morgan fingerprint density at radius 1 is 1.41 bits per heavy atom. The monoisotopic (exact) mass is 304 g/mol. The van der Waals surface area contributed by atoms with Crippen LogP contribution in [0.3, 0.4) is 0 Å². The number of furan rings is 1. The molecule has 0 radical (unpaired) electrons. The van der Waals surface area contributed by atoms with Gasteiger partial charge >= 0.3 is 0 Å². The Labute approximate surface area is 131 Å². The van der Waals surface area contributed by atoms with Crippen LogP contribution in [0.5, 0.6) is 0 Å². The third kappa shape index (κ3) is 3.66. The van der Waals surface area contributed by atoms with Crippen LogP contribution in [0.4, 0.5) is 0 Å². The van der Waals surface area contributed by atoms with E-state index in [-0.39, 0.29) is 0 Å². The van der Waals surface area contributed by atoms with Gasteiger partial charge in [0.05, 0.1) is 6.26 Å². The van der Waals surface area contributed by atoms with Gasteiger partial charge in [-0.25, -0.2) is 4.99 Å². The summed E-state index contributed by atoms with van der Waals surface area (Å²) in [6.07, 6.45) is 1.71. The molecule has 7 nitrogen and oxygen atoms in total. The van der Waals surface area contributed by atoms with Gasteiger partial charge in [-0.2, -0.15) is 0 Å². The van der Waals surface area contributed by atoms with Crippen molar-refractivity contribution in [3.8, 4) is 0 Å². The molecule has 0 spiro atoms. The van der Waals surface area contributed by atoms with Crippen LogP contribution in [0.2, 0.25) is 0 Å². The SMILES string of the molecule is CCNC(=NCc1nnc(C)n1C)N(C)Cc1ccoc1C. The van der Waals surface area contributed by atoms with Crippen LogP contribution in [0.1, 0.15) is 29.9 Å². The number of hydrogen-bond donors (Lipinski definition) is 1. The molecule has 2 rings (SSSR count). The minimum Gasteiger partial charge on any atom is -0.469 e. The van der Waals surface area contributed by atoms with E-state index in [4.69, 9.17) is 4.42 Å². The highest BCUT2D eigenvalue weighted by Gasteiger charge is 2.11. The molecule has 22 heavy (non-hydrogen) atoms. The van der Waals surface area contributed by atoms with E-state index in [2.05, 4.69) is 32.3 Å². The maximum atomic E-state index is 5.34. The summed E-state index contributed by atoms with van der Waals surface area (Å²) >= 11 is 0. The molecule has 0 saturated heterocycles. The summed E-state index contributed by atoms with van der Waals surface area (Å²) in [6, 6.07) is 1.99. The number of hydrogen-bond acceptors (Lipinski definition) is 4. The average Bonchev–Trinajstić information content (AvgIpc) is 3.03. The Kier molecular flexibility index (Phi) is 5.19. The smallest absolute Gasteiger partial charge is 0.194 e. The molecule has 0 fully saturated rings. The molecule has 2 aromatic rings. The van der Waals surface area contributed by atoms with E-state index < -0.39 is 0 Å². The Morgan fingerprint density at radius 2 is 2.18 bits per heavy atom. The first-order valence-electron chi connectivity index (χ1n) is 7.40. The third-order valence-electron chi connectivity index (χ3n) is 3.62. The van der Waals surface area contributed by atoms with Crippen molar-refractivity contribution in [3.05, 3.63) is 35.3 Å². The summed E-state index contributed by atoms with van der Waals surface area (Å²) in [5, 5.41) is 11.5. The average molecular weight is 304 g/mol. The second kappa shape index (κ2) is 7.11. The van der Waals surface area contributed by atoms with Gasteiger partial charge in [-0.15, -0.1) is 10.2 Å². The van der Waals surface area contributed by atoms with Crippen LogP contribution in [0, 0.1) is 13.8 Å². The van der Waals surface area contributed by atoms with Crippen LogP contribution >= 0.6 is 0 Å². The fraction of sp³-hybridized carbons (Fsp3) is 0.533. The van der Waals surface area contributed by atoms with E-state index in [1.165, 1.54) is 0 Å². The summed E-state index contributed by atoms with van der Waals surface area (Å²) in [7, 11) is 3.96. The molecule has 0 unspecified atom stereocenters. The zero-order chi connectivity index (χ0) is 16.1. The van der Waals surface area contributed by atoms with Gasteiger partial charge < -0.3 is 19.2 Å². The number of guanidine groups is 1. The van der Waals surface area contributed by atoms with E-state index in [0.717, 1.165) is 42.0 Å². The van der Waals surface area contributed by atoms with Crippen LogP contribution in [-0.2, 0) is 20.1 Å². The van der Waals surface area contributed by atoms with Gasteiger partial charge in [0.2, 0.25) is 0 Å². The molecule has 1 N–H and O–H groups in total. The number of aliphatic imine (C=N–C) groups is 1. The lowest BCUT2D eigenvalue weighted by atomic mass is 10.2. The number of rotatable bonds is 5. The highest BCUT2D eigenvalue weighted by atomic mass is 16.3. The Morgan fingerprint density at radius 3 is 2.73 bits per heavy atom. The number of aromatic nitrogens is 3. The first-order chi connectivity index (χ1) is 10.5. The van der Waals surface area contributed by atoms with Gasteiger partial charge in [0.1, 0.15) is 18.1 Å². The highest BCUT2D eigenvalue weighted by molar-refractivity contribution is 5.79. The van der Waals surface area contributed by atoms with Crippen molar-refractivity contribution < 1.29 is 4.42 Å². The van der Waals surface area contributed by atoms with Gasteiger partial charge in [-0.1, -0.05) is 0 Å². The lowest BCUT2D eigenvalue weighted by molar-refractivity contribution is 0.463. The second-order valence-electron chi connectivity index (χ2n) is 5.25. The Balaban J connectivity index is 2.09. The molecule has 0 aliphatic carbocycles. The van der Waals surface area contributed by atoms with Gasteiger partial charge in [0.15, 0.2) is 11.8 Å². The van der Waals surface area contributed by atoms with Crippen molar-refractivity contribution in [3.63, 3.8) is 0 Å². The van der Waals surface area contributed by atoms with Crippen molar-refractivity contribution in [2.45, 2.75) is 33.9 Å². The normalized spacial score (nSPS) is 11.8. The van der Waals surface area contributed by atoms with Gasteiger partial charge in [0.25, 0.3) is 0 Å². The predicted octanol–water partition coefficient (Wildman–Crippen LogP) is 1.62. The molecule has 0 atom stereocenters. The van der Waals surface area contributed by atoms with E-state index in [0.29, 0.717) is 6.54 Å². The molecule has 0 aliphatic rings. The standard InChI is InChI=1S/C15H24N6O/c1-6-16-15(17-9-14-19-18-12(3)21(14)5)20(4)10-13-7-8-22-11(13)2/h7-8H,6,9-10H2,1-5H3,(H,16,17). The summed E-state index contributed by atoms with van der Waals surface area (Å²) in [5.74, 6) is 3.51. The quantitative estimate of drug-likeness (QED) is 0.671. The van der Waals surface area contributed by atoms with Crippen molar-refractivity contribution in [2.75, 3.05) is 13.6 Å². The lowest BCUT2D eigenvalue weighted by Crippen LogP contribution is -2.38. The summed E-state index contributed by atoms with van der Waals surface area (Å²) in [6.45, 7) is 8.00. The number of nitrogens with one attached hydrogen (secondary N) is 1. The first-order valence-corrected chi connectivity index (χ1v) is 7.40. The minimum atomic E-state index is 0.494. The Bertz CT molecular complexity index is 642. The van der Waals surface area contributed by atoms with E-state index in [1.807, 2.05) is 38.6 Å². The van der Waals surface area contributed by atoms with Crippen molar-refractivity contribution in [2.24, 2.45) is 12.0 Å². The summed E-state index contributed by atoms with van der Waals surface area (Å²) < 4.78 is 7.30. The Hall–Kier alpha value is -2.31. The van der Waals surface area contributed by atoms with E-state index >= 15 is 0 Å². The molecule has 0 amide bonds. The van der Waals surface area contributed by atoms with Gasteiger partial charge in [-0.3, -0.25) is 0 Å². The molecular weight excluding hydrogens is 280 g/mol. The molecule has 0 aliphatic heterocycles. The van der Waals surface area contributed by atoms with Crippen molar-refractivity contribution in [1.82, 2.24) is 25.0 Å². The second-order valence-corrected chi connectivity index (χ2v) is 5.25. The van der Waals surface area contributed by atoms with Crippen LogP contribution in [0.25, 0.3) is 0 Å². The summed E-state index contributed by atoms with van der Waals surface area (Å²) in [4.78, 5) is 6.72. The fourth-order valence-electron chi connectivity index (χ4n) is 2.11. The molecule has 0 saturated carbocycles. The van der Waals surface area contributed by atoms with Crippen LogP contribution in [-0.4, -0.2) is 39.2 Å². The number of nitrogens with zero attached hydrogens (tertiary/aromatic N) is 5. The molecule has 2 heterocycles. The minimum absolute atomic E-state index is 0.494.